The number of anilines is 3. The zero-order chi connectivity index (χ0) is 41.8. The van der Waals surface area contributed by atoms with Crippen LogP contribution in [0.1, 0.15) is 112 Å². The lowest BCUT2D eigenvalue weighted by molar-refractivity contribution is 0.522. The molecule has 0 N–H and O–H groups in total. The Morgan fingerprint density at radius 1 is 0.310 bits per heavy atom. The summed E-state index contributed by atoms with van der Waals surface area (Å²) in [5, 5.41) is 0. The molecule has 4 heteroatoms. The molecule has 0 amide bonds. The average Bonchev–Trinajstić information content (AvgIpc) is 3.17. The van der Waals surface area contributed by atoms with Gasteiger partial charge in [-0.1, -0.05) is 153 Å². The molecule has 0 fully saturated rings. The van der Waals surface area contributed by atoms with E-state index in [1.165, 1.54) is 0 Å². The van der Waals surface area contributed by atoms with E-state index in [0.29, 0.717) is 16.7 Å². The van der Waals surface area contributed by atoms with Crippen molar-refractivity contribution in [3.05, 3.63) is 195 Å². The molecular weight excluding hydrogens is 720 g/mol. The smallest absolute Gasteiger partial charge is 0.126 e. The standard InChI is InChI=1S/C54H54F3N/c1-52(2,3)46-34-40(22-31-49(46)55)13-10-37-16-25-43(26-17-37)58(44-27-18-38(19-28-44)11-14-41-23-32-50(56)47(35-41)53(4,5)6)45-29-20-39(21-30-45)12-15-42-24-33-51(57)48(36-42)54(7,8)9/h10-36H,1-9H3/b13-10+,14-11+,15-12+. The Balaban J connectivity index is 1.29. The summed E-state index contributed by atoms with van der Waals surface area (Å²) in [5.74, 6) is -0.563. The van der Waals surface area contributed by atoms with E-state index >= 15 is 0 Å². The Labute approximate surface area is 343 Å². The molecule has 0 heterocycles. The highest BCUT2D eigenvalue weighted by atomic mass is 19.1. The van der Waals surface area contributed by atoms with E-state index in [9.17, 15) is 13.2 Å². The van der Waals surface area contributed by atoms with E-state index in [1.807, 2.05) is 117 Å². The number of benzene rings is 6. The van der Waals surface area contributed by atoms with Crippen molar-refractivity contribution in [1.82, 2.24) is 0 Å². The van der Waals surface area contributed by atoms with Crippen LogP contribution in [0, 0.1) is 17.5 Å². The molecule has 296 valence electrons. The van der Waals surface area contributed by atoms with Gasteiger partial charge in [-0.25, -0.2) is 13.2 Å². The monoisotopic (exact) mass is 773 g/mol. The van der Waals surface area contributed by atoms with E-state index in [0.717, 1.165) is 50.4 Å². The Morgan fingerprint density at radius 2 is 0.517 bits per heavy atom. The van der Waals surface area contributed by atoms with Crippen LogP contribution in [0.25, 0.3) is 36.5 Å². The largest absolute Gasteiger partial charge is 0.311 e. The summed E-state index contributed by atoms with van der Waals surface area (Å²) in [6.07, 6.45) is 12.2. The van der Waals surface area contributed by atoms with Gasteiger partial charge < -0.3 is 4.90 Å². The van der Waals surface area contributed by atoms with Crippen LogP contribution in [0.15, 0.2) is 127 Å². The molecule has 0 aromatic heterocycles. The lowest BCUT2D eigenvalue weighted by Crippen LogP contribution is -2.13. The van der Waals surface area contributed by atoms with Gasteiger partial charge in [0.25, 0.3) is 0 Å². The molecule has 0 bridgehead atoms. The molecule has 0 radical (unpaired) electrons. The molecule has 6 aromatic rings. The van der Waals surface area contributed by atoms with Gasteiger partial charge in [-0.15, -0.1) is 0 Å². The molecule has 0 unspecified atom stereocenters. The first-order valence-electron chi connectivity index (χ1n) is 19.9. The van der Waals surface area contributed by atoms with Gasteiger partial charge in [-0.3, -0.25) is 0 Å². The second-order valence-electron chi connectivity index (χ2n) is 18.1. The van der Waals surface area contributed by atoms with Gasteiger partial charge in [-0.05, 0) is 139 Å². The Kier molecular flexibility index (Phi) is 12.2. The van der Waals surface area contributed by atoms with Crippen molar-refractivity contribution >= 4 is 53.5 Å². The van der Waals surface area contributed by atoms with Crippen molar-refractivity contribution in [2.75, 3.05) is 4.90 Å². The van der Waals surface area contributed by atoms with Crippen LogP contribution in [0.5, 0.6) is 0 Å². The Morgan fingerprint density at radius 3 is 0.741 bits per heavy atom. The van der Waals surface area contributed by atoms with E-state index in [4.69, 9.17) is 0 Å². The van der Waals surface area contributed by atoms with Crippen molar-refractivity contribution < 1.29 is 13.2 Å². The third-order valence-electron chi connectivity index (χ3n) is 10.3. The SMILES string of the molecule is CC(C)(C)c1cc(/C=C/c2ccc(N(c3ccc(/C=C/c4ccc(F)c(C(C)(C)C)c4)cc3)c3ccc(/C=C/c4ccc(F)c(C(C)(C)C)c4)cc3)cc2)ccc1F. The average molecular weight is 774 g/mol. The van der Waals surface area contributed by atoms with Crippen molar-refractivity contribution in [3.8, 4) is 0 Å². The third kappa shape index (κ3) is 10.3. The predicted molar refractivity (Wildman–Crippen MR) is 243 cm³/mol. The molecule has 0 saturated carbocycles. The second kappa shape index (κ2) is 16.9. The Bertz CT molecular complexity index is 2170. The predicted octanol–water partition coefficient (Wildman–Crippen LogP) is 16.0. The summed E-state index contributed by atoms with van der Waals surface area (Å²) in [5.41, 5.74) is 10.1. The molecule has 0 atom stereocenters. The normalized spacial score (nSPS) is 12.6. The summed E-state index contributed by atoms with van der Waals surface area (Å²) < 4.78 is 43.7. The highest BCUT2D eigenvalue weighted by Crippen LogP contribution is 2.36. The minimum Gasteiger partial charge on any atom is -0.311 e. The second-order valence-corrected chi connectivity index (χ2v) is 18.1. The van der Waals surface area contributed by atoms with Crippen LogP contribution < -0.4 is 4.90 Å². The fourth-order valence-electron chi connectivity index (χ4n) is 6.89. The van der Waals surface area contributed by atoms with Crippen LogP contribution in [-0.4, -0.2) is 0 Å². The number of halogens is 3. The summed E-state index contributed by atoms with van der Waals surface area (Å²) >= 11 is 0. The highest BCUT2D eigenvalue weighted by molar-refractivity contribution is 5.81. The quantitative estimate of drug-likeness (QED) is 0.132. The van der Waals surface area contributed by atoms with Gasteiger partial charge >= 0.3 is 0 Å². The maximum Gasteiger partial charge on any atom is 0.126 e. The summed E-state index contributed by atoms with van der Waals surface area (Å²) in [6, 6.07) is 41.0. The topological polar surface area (TPSA) is 3.24 Å². The summed E-state index contributed by atoms with van der Waals surface area (Å²) in [7, 11) is 0. The van der Waals surface area contributed by atoms with Gasteiger partial charge in [0.2, 0.25) is 0 Å². The van der Waals surface area contributed by atoms with Crippen molar-refractivity contribution in [2.45, 2.75) is 78.6 Å². The summed E-state index contributed by atoms with van der Waals surface area (Å²) in [6.45, 7) is 18.2. The van der Waals surface area contributed by atoms with Gasteiger partial charge in [0.1, 0.15) is 17.5 Å². The molecule has 0 aliphatic carbocycles. The molecular formula is C54H54F3N. The van der Waals surface area contributed by atoms with Crippen LogP contribution in [0.3, 0.4) is 0 Å². The van der Waals surface area contributed by atoms with Crippen LogP contribution in [0.4, 0.5) is 30.2 Å². The molecule has 1 nitrogen and oxygen atoms in total. The minimum atomic E-state index is -0.292. The fourth-order valence-corrected chi connectivity index (χ4v) is 6.89. The number of hydrogen-bond acceptors (Lipinski definition) is 1. The van der Waals surface area contributed by atoms with E-state index in [-0.39, 0.29) is 33.7 Å². The maximum absolute atomic E-state index is 14.6. The van der Waals surface area contributed by atoms with Gasteiger partial charge in [0.05, 0.1) is 0 Å². The van der Waals surface area contributed by atoms with Gasteiger partial charge in [0.15, 0.2) is 0 Å². The molecule has 0 aliphatic rings. The van der Waals surface area contributed by atoms with E-state index in [1.54, 1.807) is 36.4 Å². The van der Waals surface area contributed by atoms with Crippen LogP contribution in [-0.2, 0) is 16.2 Å². The first kappa shape index (κ1) is 41.8. The van der Waals surface area contributed by atoms with E-state index < -0.39 is 0 Å². The van der Waals surface area contributed by atoms with Crippen LogP contribution >= 0.6 is 0 Å². The number of nitrogens with zero attached hydrogens (tertiary/aromatic N) is 1. The van der Waals surface area contributed by atoms with Crippen molar-refractivity contribution in [3.63, 3.8) is 0 Å². The van der Waals surface area contributed by atoms with Gasteiger partial charge in [0, 0.05) is 17.1 Å². The molecule has 6 aromatic carbocycles. The molecule has 58 heavy (non-hydrogen) atoms. The fraction of sp³-hybridized carbons (Fsp3) is 0.222. The van der Waals surface area contributed by atoms with E-state index in [2.05, 4.69) is 77.7 Å². The molecule has 6 rings (SSSR count). The Hall–Kier alpha value is -5.87. The first-order valence-corrected chi connectivity index (χ1v) is 19.9. The molecule has 0 spiro atoms. The number of hydrogen-bond donors (Lipinski definition) is 0. The van der Waals surface area contributed by atoms with Crippen molar-refractivity contribution in [2.24, 2.45) is 0 Å². The van der Waals surface area contributed by atoms with Crippen LogP contribution in [0.2, 0.25) is 0 Å². The lowest BCUT2D eigenvalue weighted by Gasteiger charge is -2.26. The zero-order valence-corrected chi connectivity index (χ0v) is 35.2. The first-order chi connectivity index (χ1) is 27.3. The number of rotatable bonds is 9. The third-order valence-corrected chi connectivity index (χ3v) is 10.3. The highest BCUT2D eigenvalue weighted by Gasteiger charge is 2.20. The lowest BCUT2D eigenvalue weighted by atomic mass is 9.85. The molecule has 0 aliphatic heterocycles. The summed E-state index contributed by atoms with van der Waals surface area (Å²) in [4.78, 5) is 2.22. The van der Waals surface area contributed by atoms with Gasteiger partial charge in [-0.2, -0.15) is 0 Å². The minimum absolute atomic E-state index is 0.188. The molecule has 0 saturated heterocycles. The maximum atomic E-state index is 14.6. The zero-order valence-electron chi connectivity index (χ0n) is 35.2. The van der Waals surface area contributed by atoms with Crippen molar-refractivity contribution in [1.29, 1.82) is 0 Å².